The van der Waals surface area contributed by atoms with Crippen LogP contribution in [-0.4, -0.2) is 17.4 Å². The number of halogens is 1. The van der Waals surface area contributed by atoms with E-state index in [1.165, 1.54) is 18.2 Å². The monoisotopic (exact) mass is 194 g/mol. The minimum atomic E-state index is -1.31. The van der Waals surface area contributed by atoms with Crippen LogP contribution in [0.1, 0.15) is 15.9 Å². The Morgan fingerprint density at radius 1 is 1.43 bits per heavy atom. The third-order valence-corrected chi connectivity index (χ3v) is 1.59. The number of allylic oxidation sites excluding steroid dienone is 1. The molecule has 0 aromatic heterocycles. The lowest BCUT2D eigenvalue weighted by molar-refractivity contribution is -0.104. The van der Waals surface area contributed by atoms with Crippen molar-refractivity contribution in [3.05, 3.63) is 41.2 Å². The van der Waals surface area contributed by atoms with Gasteiger partial charge in [-0.15, -0.1) is 0 Å². The lowest BCUT2D eigenvalue weighted by Gasteiger charge is -1.98. The van der Waals surface area contributed by atoms with E-state index >= 15 is 0 Å². The summed E-state index contributed by atoms with van der Waals surface area (Å²) in [6.07, 6.45) is 3.15. The molecule has 72 valence electrons. The molecule has 0 aliphatic carbocycles. The fourth-order valence-electron chi connectivity index (χ4n) is 0.959. The molecule has 0 aliphatic heterocycles. The highest BCUT2D eigenvalue weighted by atomic mass is 19.1. The number of carboxylic acid groups (broad SMARTS) is 1. The van der Waals surface area contributed by atoms with Gasteiger partial charge in [-0.05, 0) is 23.8 Å². The molecule has 0 saturated carbocycles. The number of aldehydes is 1. The molecule has 0 atom stereocenters. The van der Waals surface area contributed by atoms with Gasteiger partial charge in [-0.3, -0.25) is 4.79 Å². The van der Waals surface area contributed by atoms with E-state index in [0.29, 0.717) is 11.8 Å². The second-order valence-electron chi connectivity index (χ2n) is 2.54. The van der Waals surface area contributed by atoms with E-state index in [-0.39, 0.29) is 5.56 Å². The van der Waals surface area contributed by atoms with Gasteiger partial charge in [0.2, 0.25) is 0 Å². The Morgan fingerprint density at radius 2 is 2.14 bits per heavy atom. The van der Waals surface area contributed by atoms with Gasteiger partial charge in [0, 0.05) is 0 Å². The van der Waals surface area contributed by atoms with Crippen LogP contribution in [-0.2, 0) is 4.79 Å². The standard InChI is InChI=1S/C10H7FO3/c11-9-6-7(2-1-5-12)3-4-8(9)10(13)14/h1-6H,(H,13,14). The highest BCUT2D eigenvalue weighted by molar-refractivity contribution is 5.88. The summed E-state index contributed by atoms with van der Waals surface area (Å²) in [6.45, 7) is 0. The van der Waals surface area contributed by atoms with Gasteiger partial charge in [-0.2, -0.15) is 0 Å². The van der Waals surface area contributed by atoms with Gasteiger partial charge >= 0.3 is 5.97 Å². The van der Waals surface area contributed by atoms with Crippen molar-refractivity contribution < 1.29 is 19.1 Å². The number of rotatable bonds is 3. The van der Waals surface area contributed by atoms with Gasteiger partial charge in [0.05, 0.1) is 5.56 Å². The molecule has 4 heteroatoms. The molecule has 0 fully saturated rings. The summed E-state index contributed by atoms with van der Waals surface area (Å²) in [5.74, 6) is -2.13. The molecule has 0 bridgehead atoms. The molecule has 0 heterocycles. The highest BCUT2D eigenvalue weighted by Gasteiger charge is 2.08. The maximum absolute atomic E-state index is 13.0. The van der Waals surface area contributed by atoms with Crippen molar-refractivity contribution in [1.82, 2.24) is 0 Å². The van der Waals surface area contributed by atoms with E-state index in [2.05, 4.69) is 0 Å². The van der Waals surface area contributed by atoms with Crippen LogP contribution in [0.3, 0.4) is 0 Å². The van der Waals surface area contributed by atoms with E-state index in [9.17, 15) is 14.0 Å². The maximum atomic E-state index is 13.0. The Hall–Kier alpha value is -1.97. The molecular formula is C10H7FO3. The molecule has 1 N–H and O–H groups in total. The lowest BCUT2D eigenvalue weighted by atomic mass is 10.1. The zero-order valence-corrected chi connectivity index (χ0v) is 7.11. The summed E-state index contributed by atoms with van der Waals surface area (Å²) in [7, 11) is 0. The molecule has 0 saturated heterocycles. The number of hydrogen-bond acceptors (Lipinski definition) is 2. The first-order valence-electron chi connectivity index (χ1n) is 3.80. The van der Waals surface area contributed by atoms with Crippen LogP contribution in [0.5, 0.6) is 0 Å². The Labute approximate surface area is 79.5 Å². The first-order valence-corrected chi connectivity index (χ1v) is 3.80. The van der Waals surface area contributed by atoms with Gasteiger partial charge in [-0.25, -0.2) is 9.18 Å². The largest absolute Gasteiger partial charge is 0.478 e. The average Bonchev–Trinajstić information content (AvgIpc) is 2.14. The predicted octanol–water partition coefficient (Wildman–Crippen LogP) is 1.74. The van der Waals surface area contributed by atoms with Crippen molar-refractivity contribution in [2.75, 3.05) is 0 Å². The van der Waals surface area contributed by atoms with Crippen molar-refractivity contribution in [1.29, 1.82) is 0 Å². The second-order valence-corrected chi connectivity index (χ2v) is 2.54. The summed E-state index contributed by atoms with van der Waals surface area (Å²) < 4.78 is 13.0. The van der Waals surface area contributed by atoms with Crippen molar-refractivity contribution in [3.8, 4) is 0 Å². The van der Waals surface area contributed by atoms with E-state index < -0.39 is 11.8 Å². The van der Waals surface area contributed by atoms with E-state index in [0.717, 1.165) is 12.1 Å². The summed E-state index contributed by atoms with van der Waals surface area (Å²) in [4.78, 5) is 20.4. The van der Waals surface area contributed by atoms with Crippen LogP contribution in [0, 0.1) is 5.82 Å². The first-order chi connectivity index (χ1) is 6.65. The molecule has 1 aromatic carbocycles. The highest BCUT2D eigenvalue weighted by Crippen LogP contribution is 2.11. The minimum absolute atomic E-state index is 0.381. The van der Waals surface area contributed by atoms with Crippen molar-refractivity contribution >= 4 is 18.3 Å². The molecule has 0 radical (unpaired) electrons. The third-order valence-electron chi connectivity index (χ3n) is 1.59. The van der Waals surface area contributed by atoms with Crippen LogP contribution in [0.2, 0.25) is 0 Å². The van der Waals surface area contributed by atoms with Gasteiger partial charge < -0.3 is 5.11 Å². The van der Waals surface area contributed by atoms with E-state index in [4.69, 9.17) is 5.11 Å². The molecule has 3 nitrogen and oxygen atoms in total. The van der Waals surface area contributed by atoms with Gasteiger partial charge in [0.25, 0.3) is 0 Å². The third kappa shape index (κ3) is 2.26. The fraction of sp³-hybridized carbons (Fsp3) is 0. The van der Waals surface area contributed by atoms with Gasteiger partial charge in [0.15, 0.2) is 0 Å². The average molecular weight is 194 g/mol. The van der Waals surface area contributed by atoms with Crippen LogP contribution in [0.4, 0.5) is 4.39 Å². The zero-order valence-electron chi connectivity index (χ0n) is 7.11. The van der Waals surface area contributed by atoms with Crippen LogP contribution >= 0.6 is 0 Å². The van der Waals surface area contributed by atoms with Crippen molar-refractivity contribution in [2.24, 2.45) is 0 Å². The first kappa shape index (κ1) is 10.1. The molecule has 0 spiro atoms. The Balaban J connectivity index is 3.06. The van der Waals surface area contributed by atoms with Crippen LogP contribution < -0.4 is 0 Å². The van der Waals surface area contributed by atoms with Gasteiger partial charge in [0.1, 0.15) is 12.1 Å². The van der Waals surface area contributed by atoms with Gasteiger partial charge in [-0.1, -0.05) is 12.1 Å². The molecule has 0 aliphatic rings. The lowest BCUT2D eigenvalue weighted by Crippen LogP contribution is -2.00. The Bertz CT molecular complexity index is 396. The number of carboxylic acids is 1. The topological polar surface area (TPSA) is 54.4 Å². The van der Waals surface area contributed by atoms with Crippen LogP contribution in [0.25, 0.3) is 6.08 Å². The number of carbonyl (C=O) groups is 2. The quantitative estimate of drug-likeness (QED) is 0.589. The number of hydrogen-bond donors (Lipinski definition) is 1. The molecule has 0 amide bonds. The zero-order chi connectivity index (χ0) is 10.6. The number of benzene rings is 1. The Kier molecular flexibility index (Phi) is 3.12. The smallest absolute Gasteiger partial charge is 0.338 e. The summed E-state index contributed by atoms with van der Waals surface area (Å²) in [5.41, 5.74) is 0.0628. The summed E-state index contributed by atoms with van der Waals surface area (Å²) in [6, 6.07) is 3.64. The molecule has 14 heavy (non-hydrogen) atoms. The number of carbonyl (C=O) groups excluding carboxylic acids is 1. The fourth-order valence-corrected chi connectivity index (χ4v) is 0.959. The Morgan fingerprint density at radius 3 is 2.64 bits per heavy atom. The second kappa shape index (κ2) is 4.32. The molecule has 0 unspecified atom stereocenters. The van der Waals surface area contributed by atoms with Crippen LogP contribution in [0.15, 0.2) is 24.3 Å². The molecule has 1 rings (SSSR count). The van der Waals surface area contributed by atoms with E-state index in [1.807, 2.05) is 0 Å². The molecule has 1 aromatic rings. The van der Waals surface area contributed by atoms with Crippen molar-refractivity contribution in [3.63, 3.8) is 0 Å². The molecular weight excluding hydrogens is 187 g/mol. The summed E-state index contributed by atoms with van der Waals surface area (Å²) in [5, 5.41) is 8.52. The normalized spacial score (nSPS) is 10.4. The number of aromatic carboxylic acids is 1. The summed E-state index contributed by atoms with van der Waals surface area (Å²) >= 11 is 0. The van der Waals surface area contributed by atoms with E-state index in [1.54, 1.807) is 0 Å². The SMILES string of the molecule is O=CC=Cc1ccc(C(=O)O)c(F)c1. The van der Waals surface area contributed by atoms with Crippen molar-refractivity contribution in [2.45, 2.75) is 0 Å². The minimum Gasteiger partial charge on any atom is -0.478 e. The maximum Gasteiger partial charge on any atom is 0.338 e. The predicted molar refractivity (Wildman–Crippen MR) is 48.5 cm³/mol.